The van der Waals surface area contributed by atoms with Gasteiger partial charge in [0, 0.05) is 24.0 Å². The fourth-order valence-corrected chi connectivity index (χ4v) is 1.51. The lowest BCUT2D eigenvalue weighted by Gasteiger charge is -1.99. The minimum absolute atomic E-state index is 0.500. The van der Waals surface area contributed by atoms with Gasteiger partial charge in [-0.05, 0) is 12.0 Å². The maximum absolute atomic E-state index is 5.52. The minimum Gasteiger partial charge on any atom is -0.341 e. The van der Waals surface area contributed by atoms with Crippen molar-refractivity contribution in [2.45, 2.75) is 19.9 Å². The Morgan fingerprint density at radius 3 is 2.53 bits per heavy atom. The fourth-order valence-electron chi connectivity index (χ4n) is 1.51. The molecule has 3 heteroatoms. The van der Waals surface area contributed by atoms with Crippen LogP contribution in [0.2, 0.25) is 0 Å². The van der Waals surface area contributed by atoms with Crippen LogP contribution in [-0.4, -0.2) is 9.97 Å². The molecule has 0 spiro atoms. The highest BCUT2D eigenvalue weighted by Gasteiger charge is 2.01. The fraction of sp³-hybridized carbons (Fsp3) is 0.250. The maximum Gasteiger partial charge on any atom is 0.137 e. The number of aromatic amines is 1. The Balaban J connectivity index is 2.28. The van der Waals surface area contributed by atoms with Gasteiger partial charge in [0.1, 0.15) is 5.82 Å². The topological polar surface area (TPSA) is 54.7 Å². The van der Waals surface area contributed by atoms with Crippen molar-refractivity contribution in [3.05, 3.63) is 41.7 Å². The maximum atomic E-state index is 5.52. The summed E-state index contributed by atoms with van der Waals surface area (Å²) in [6.07, 6.45) is 2.84. The molecule has 78 valence electrons. The van der Waals surface area contributed by atoms with Crippen LogP contribution in [0.15, 0.2) is 30.5 Å². The Bertz CT molecular complexity index is 428. The van der Waals surface area contributed by atoms with E-state index in [4.69, 9.17) is 5.73 Å². The molecule has 15 heavy (non-hydrogen) atoms. The van der Waals surface area contributed by atoms with Gasteiger partial charge < -0.3 is 10.7 Å². The van der Waals surface area contributed by atoms with E-state index < -0.39 is 0 Å². The Hall–Kier alpha value is -1.61. The summed E-state index contributed by atoms with van der Waals surface area (Å²) >= 11 is 0. The van der Waals surface area contributed by atoms with Crippen molar-refractivity contribution in [1.29, 1.82) is 0 Å². The first-order valence-corrected chi connectivity index (χ1v) is 5.16. The number of aromatic nitrogens is 2. The van der Waals surface area contributed by atoms with Gasteiger partial charge in [0.15, 0.2) is 0 Å². The number of rotatable bonds is 3. The van der Waals surface area contributed by atoms with E-state index in [1.165, 1.54) is 5.56 Å². The number of nitrogens with one attached hydrogen (secondary N) is 1. The molecule has 3 nitrogen and oxygen atoms in total. The lowest BCUT2D eigenvalue weighted by molar-refractivity contribution is 1.01. The molecular weight excluding hydrogens is 186 g/mol. The second kappa shape index (κ2) is 4.28. The summed E-state index contributed by atoms with van der Waals surface area (Å²) < 4.78 is 0. The highest BCUT2D eigenvalue weighted by atomic mass is 14.9. The van der Waals surface area contributed by atoms with Crippen LogP contribution in [0.5, 0.6) is 0 Å². The standard InChI is InChI=1S/C12H15N3/c1-2-9-3-5-10(6-4-9)12-14-8-11(7-13)15-12/h3-6,8H,2,7,13H2,1H3,(H,14,15). The van der Waals surface area contributed by atoms with E-state index in [0.717, 1.165) is 23.5 Å². The van der Waals surface area contributed by atoms with E-state index in [1.807, 2.05) is 0 Å². The molecular formula is C12H15N3. The molecule has 0 amide bonds. The van der Waals surface area contributed by atoms with Crippen molar-refractivity contribution in [2.24, 2.45) is 5.73 Å². The number of nitrogens with two attached hydrogens (primary N) is 1. The zero-order valence-corrected chi connectivity index (χ0v) is 8.83. The van der Waals surface area contributed by atoms with Crippen LogP contribution < -0.4 is 5.73 Å². The highest BCUT2D eigenvalue weighted by molar-refractivity contribution is 5.55. The van der Waals surface area contributed by atoms with Gasteiger partial charge in [-0.2, -0.15) is 0 Å². The van der Waals surface area contributed by atoms with E-state index in [9.17, 15) is 0 Å². The number of hydrogen-bond acceptors (Lipinski definition) is 2. The van der Waals surface area contributed by atoms with Crippen LogP contribution in [0.1, 0.15) is 18.2 Å². The number of benzene rings is 1. The van der Waals surface area contributed by atoms with Crippen molar-refractivity contribution >= 4 is 0 Å². The first kappa shape index (κ1) is 9.93. The predicted octanol–water partition coefficient (Wildman–Crippen LogP) is 2.10. The van der Waals surface area contributed by atoms with E-state index in [2.05, 4.69) is 41.2 Å². The zero-order valence-electron chi connectivity index (χ0n) is 8.83. The molecule has 1 aromatic carbocycles. The molecule has 0 unspecified atom stereocenters. The molecule has 1 heterocycles. The van der Waals surface area contributed by atoms with Gasteiger partial charge >= 0.3 is 0 Å². The van der Waals surface area contributed by atoms with E-state index in [-0.39, 0.29) is 0 Å². The van der Waals surface area contributed by atoms with E-state index in [1.54, 1.807) is 6.20 Å². The molecule has 3 N–H and O–H groups in total. The molecule has 1 aromatic heterocycles. The van der Waals surface area contributed by atoms with Crippen molar-refractivity contribution in [3.63, 3.8) is 0 Å². The smallest absolute Gasteiger partial charge is 0.137 e. The summed E-state index contributed by atoms with van der Waals surface area (Å²) in [6.45, 7) is 2.65. The third kappa shape index (κ3) is 2.07. The van der Waals surface area contributed by atoms with Crippen LogP contribution in [0.25, 0.3) is 11.4 Å². The molecule has 0 fully saturated rings. The average Bonchev–Trinajstić information content (AvgIpc) is 2.78. The van der Waals surface area contributed by atoms with Gasteiger partial charge in [0.2, 0.25) is 0 Å². The van der Waals surface area contributed by atoms with Crippen molar-refractivity contribution in [1.82, 2.24) is 9.97 Å². The summed E-state index contributed by atoms with van der Waals surface area (Å²) in [5.41, 5.74) is 8.92. The largest absolute Gasteiger partial charge is 0.341 e. The first-order valence-electron chi connectivity index (χ1n) is 5.16. The van der Waals surface area contributed by atoms with Gasteiger partial charge in [0.05, 0.1) is 0 Å². The van der Waals surface area contributed by atoms with E-state index >= 15 is 0 Å². The molecule has 2 aromatic rings. The van der Waals surface area contributed by atoms with Crippen LogP contribution in [-0.2, 0) is 13.0 Å². The predicted molar refractivity (Wildman–Crippen MR) is 61.3 cm³/mol. The van der Waals surface area contributed by atoms with Gasteiger partial charge in [0.25, 0.3) is 0 Å². The van der Waals surface area contributed by atoms with Crippen molar-refractivity contribution < 1.29 is 0 Å². The normalized spacial score (nSPS) is 10.5. The number of aryl methyl sites for hydroxylation is 1. The number of hydrogen-bond donors (Lipinski definition) is 2. The highest BCUT2D eigenvalue weighted by Crippen LogP contribution is 2.16. The Labute approximate surface area is 89.4 Å². The van der Waals surface area contributed by atoms with Gasteiger partial charge in [-0.3, -0.25) is 0 Å². The molecule has 0 bridgehead atoms. The lowest BCUT2D eigenvalue weighted by Crippen LogP contribution is -1.95. The summed E-state index contributed by atoms with van der Waals surface area (Å²) in [7, 11) is 0. The van der Waals surface area contributed by atoms with Crippen LogP contribution in [0, 0.1) is 0 Å². The molecule has 0 saturated heterocycles. The SMILES string of the molecule is CCc1ccc(-c2ncc(CN)[nH]2)cc1. The quantitative estimate of drug-likeness (QED) is 0.799. The van der Waals surface area contributed by atoms with Gasteiger partial charge in [-0.25, -0.2) is 4.98 Å². The van der Waals surface area contributed by atoms with Crippen LogP contribution >= 0.6 is 0 Å². The van der Waals surface area contributed by atoms with Crippen LogP contribution in [0.4, 0.5) is 0 Å². The lowest BCUT2D eigenvalue weighted by atomic mass is 10.1. The summed E-state index contributed by atoms with van der Waals surface area (Å²) in [6, 6.07) is 8.41. The summed E-state index contributed by atoms with van der Waals surface area (Å²) in [5, 5.41) is 0. The van der Waals surface area contributed by atoms with Gasteiger partial charge in [-0.1, -0.05) is 31.2 Å². The van der Waals surface area contributed by atoms with Crippen LogP contribution in [0.3, 0.4) is 0 Å². The Morgan fingerprint density at radius 2 is 2.00 bits per heavy atom. The first-order chi connectivity index (χ1) is 7.33. The Morgan fingerprint density at radius 1 is 1.27 bits per heavy atom. The number of H-pyrrole nitrogens is 1. The third-order valence-corrected chi connectivity index (χ3v) is 2.48. The monoisotopic (exact) mass is 201 g/mol. The average molecular weight is 201 g/mol. The third-order valence-electron chi connectivity index (χ3n) is 2.48. The molecule has 0 aliphatic heterocycles. The van der Waals surface area contributed by atoms with Gasteiger partial charge in [-0.15, -0.1) is 0 Å². The van der Waals surface area contributed by atoms with E-state index in [0.29, 0.717) is 6.54 Å². The molecule has 0 atom stereocenters. The molecule has 0 radical (unpaired) electrons. The second-order valence-corrected chi connectivity index (χ2v) is 3.51. The summed E-state index contributed by atoms with van der Waals surface area (Å²) in [5.74, 6) is 0.887. The second-order valence-electron chi connectivity index (χ2n) is 3.51. The molecule has 0 aliphatic carbocycles. The zero-order chi connectivity index (χ0) is 10.7. The minimum atomic E-state index is 0.500. The number of nitrogens with zero attached hydrogens (tertiary/aromatic N) is 1. The molecule has 0 aliphatic rings. The number of imidazole rings is 1. The molecule has 0 saturated carbocycles. The summed E-state index contributed by atoms with van der Waals surface area (Å²) in [4.78, 5) is 7.46. The van der Waals surface area contributed by atoms with Crippen molar-refractivity contribution in [3.8, 4) is 11.4 Å². The van der Waals surface area contributed by atoms with Crippen molar-refractivity contribution in [2.75, 3.05) is 0 Å². The molecule has 2 rings (SSSR count). The Kier molecular flexibility index (Phi) is 2.83.